The normalized spacial score (nSPS) is 25.4. The van der Waals surface area contributed by atoms with Gasteiger partial charge in [0, 0.05) is 25.1 Å². The highest BCUT2D eigenvalue weighted by atomic mass is 16.5. The maximum atomic E-state index is 11.4. The lowest BCUT2D eigenvalue weighted by molar-refractivity contribution is -0.121. The molecular formula is C12H22N2O2. The Hall–Kier alpha value is -0.610. The highest BCUT2D eigenvalue weighted by Crippen LogP contribution is 2.18. The van der Waals surface area contributed by atoms with Crippen molar-refractivity contribution >= 4 is 5.91 Å². The van der Waals surface area contributed by atoms with Crippen LogP contribution in [0.15, 0.2) is 0 Å². The molecule has 16 heavy (non-hydrogen) atoms. The summed E-state index contributed by atoms with van der Waals surface area (Å²) in [7, 11) is 0. The fourth-order valence-corrected chi connectivity index (χ4v) is 1.98. The molecule has 1 saturated heterocycles. The molecule has 1 heterocycles. The second-order valence-electron chi connectivity index (χ2n) is 4.81. The van der Waals surface area contributed by atoms with Crippen molar-refractivity contribution in [3.05, 3.63) is 0 Å². The monoisotopic (exact) mass is 226 g/mol. The minimum Gasteiger partial charge on any atom is -0.380 e. The van der Waals surface area contributed by atoms with Crippen molar-refractivity contribution < 1.29 is 9.53 Å². The quantitative estimate of drug-likeness (QED) is 0.659. The molecule has 0 aromatic heterocycles. The van der Waals surface area contributed by atoms with Crippen LogP contribution >= 0.6 is 0 Å². The van der Waals surface area contributed by atoms with Crippen molar-refractivity contribution in [3.8, 4) is 0 Å². The molecule has 0 aromatic rings. The maximum absolute atomic E-state index is 11.4. The SMILES string of the molecule is O=C(CCCNC1CCCOC1)NC1CC1. The van der Waals surface area contributed by atoms with E-state index in [1.54, 1.807) is 0 Å². The van der Waals surface area contributed by atoms with Gasteiger partial charge in [0.05, 0.1) is 6.61 Å². The minimum atomic E-state index is 0.212. The van der Waals surface area contributed by atoms with Gasteiger partial charge in [0.1, 0.15) is 0 Å². The Kier molecular flexibility index (Phi) is 4.60. The third-order valence-corrected chi connectivity index (χ3v) is 3.12. The van der Waals surface area contributed by atoms with Crippen LogP contribution in [0.1, 0.15) is 38.5 Å². The molecule has 1 unspecified atom stereocenters. The summed E-state index contributed by atoms with van der Waals surface area (Å²) in [5.41, 5.74) is 0. The van der Waals surface area contributed by atoms with Crippen LogP contribution in [0.3, 0.4) is 0 Å². The highest BCUT2D eigenvalue weighted by Gasteiger charge is 2.22. The Morgan fingerprint density at radius 3 is 2.81 bits per heavy atom. The van der Waals surface area contributed by atoms with Gasteiger partial charge < -0.3 is 15.4 Å². The van der Waals surface area contributed by atoms with Crippen LogP contribution in [0.2, 0.25) is 0 Å². The smallest absolute Gasteiger partial charge is 0.220 e. The van der Waals surface area contributed by atoms with E-state index in [0.717, 1.165) is 32.6 Å². The van der Waals surface area contributed by atoms with Gasteiger partial charge in [-0.1, -0.05) is 0 Å². The summed E-state index contributed by atoms with van der Waals surface area (Å²) in [6, 6.07) is 0.993. The molecule has 1 amide bonds. The summed E-state index contributed by atoms with van der Waals surface area (Å²) < 4.78 is 5.38. The fourth-order valence-electron chi connectivity index (χ4n) is 1.98. The summed E-state index contributed by atoms with van der Waals surface area (Å²) in [4.78, 5) is 11.4. The molecule has 1 saturated carbocycles. The van der Waals surface area contributed by atoms with Gasteiger partial charge in [0.15, 0.2) is 0 Å². The Balaban J connectivity index is 1.45. The second-order valence-corrected chi connectivity index (χ2v) is 4.81. The van der Waals surface area contributed by atoms with Crippen molar-refractivity contribution in [2.24, 2.45) is 0 Å². The summed E-state index contributed by atoms with van der Waals surface area (Å²) in [6.45, 7) is 2.66. The second kappa shape index (κ2) is 6.21. The molecule has 4 nitrogen and oxygen atoms in total. The van der Waals surface area contributed by atoms with Gasteiger partial charge in [-0.2, -0.15) is 0 Å². The van der Waals surface area contributed by atoms with Crippen LogP contribution in [-0.2, 0) is 9.53 Å². The predicted octanol–water partition coefficient (Wildman–Crippen LogP) is 0.814. The third kappa shape index (κ3) is 4.49. The summed E-state index contributed by atoms with van der Waals surface area (Å²) in [5, 5.41) is 6.44. The van der Waals surface area contributed by atoms with Crippen LogP contribution < -0.4 is 10.6 Å². The first kappa shape index (κ1) is 11.9. The first-order chi connectivity index (χ1) is 7.84. The number of hydrogen-bond acceptors (Lipinski definition) is 3. The van der Waals surface area contributed by atoms with E-state index in [4.69, 9.17) is 4.74 Å². The first-order valence-corrected chi connectivity index (χ1v) is 6.45. The van der Waals surface area contributed by atoms with Crippen molar-refractivity contribution in [1.29, 1.82) is 0 Å². The van der Waals surface area contributed by atoms with Gasteiger partial charge in [0.25, 0.3) is 0 Å². The summed E-state index contributed by atoms with van der Waals surface area (Å²) in [6.07, 6.45) is 6.27. The van der Waals surface area contributed by atoms with Gasteiger partial charge in [-0.05, 0) is 38.6 Å². The molecular weight excluding hydrogens is 204 g/mol. The number of amides is 1. The van der Waals surface area contributed by atoms with Gasteiger partial charge in [-0.3, -0.25) is 4.79 Å². The lowest BCUT2D eigenvalue weighted by atomic mass is 10.1. The number of carbonyl (C=O) groups excluding carboxylic acids is 1. The van der Waals surface area contributed by atoms with Gasteiger partial charge in [0.2, 0.25) is 5.91 Å². The zero-order valence-corrected chi connectivity index (χ0v) is 9.84. The predicted molar refractivity (Wildman–Crippen MR) is 62.2 cm³/mol. The van der Waals surface area contributed by atoms with E-state index in [0.29, 0.717) is 18.5 Å². The third-order valence-electron chi connectivity index (χ3n) is 3.12. The van der Waals surface area contributed by atoms with Gasteiger partial charge in [-0.25, -0.2) is 0 Å². The maximum Gasteiger partial charge on any atom is 0.220 e. The molecule has 2 fully saturated rings. The molecule has 1 aliphatic heterocycles. The molecule has 0 aromatic carbocycles. The molecule has 2 N–H and O–H groups in total. The molecule has 2 rings (SSSR count). The van der Waals surface area contributed by atoms with Crippen LogP contribution in [-0.4, -0.2) is 37.7 Å². The Bertz CT molecular complexity index is 223. The Labute approximate surface area is 97.1 Å². The van der Waals surface area contributed by atoms with E-state index < -0.39 is 0 Å². The number of carbonyl (C=O) groups is 1. The summed E-state index contributed by atoms with van der Waals surface area (Å²) >= 11 is 0. The summed E-state index contributed by atoms with van der Waals surface area (Å²) in [5.74, 6) is 0.212. The molecule has 0 spiro atoms. The van der Waals surface area contributed by atoms with Crippen LogP contribution in [0, 0.1) is 0 Å². The van der Waals surface area contributed by atoms with Crippen molar-refractivity contribution in [2.75, 3.05) is 19.8 Å². The van der Waals surface area contributed by atoms with E-state index in [-0.39, 0.29) is 5.91 Å². The van der Waals surface area contributed by atoms with Crippen LogP contribution in [0.25, 0.3) is 0 Å². The van der Waals surface area contributed by atoms with Crippen LogP contribution in [0.5, 0.6) is 0 Å². The van der Waals surface area contributed by atoms with Crippen LogP contribution in [0.4, 0.5) is 0 Å². The van der Waals surface area contributed by atoms with E-state index in [2.05, 4.69) is 10.6 Å². The number of ether oxygens (including phenoxy) is 1. The molecule has 2 aliphatic rings. The molecule has 1 atom stereocenters. The first-order valence-electron chi connectivity index (χ1n) is 6.45. The van der Waals surface area contributed by atoms with E-state index >= 15 is 0 Å². The molecule has 92 valence electrons. The van der Waals surface area contributed by atoms with E-state index in [1.165, 1.54) is 19.3 Å². The molecule has 0 radical (unpaired) electrons. The van der Waals surface area contributed by atoms with Crippen molar-refractivity contribution in [1.82, 2.24) is 10.6 Å². The van der Waals surface area contributed by atoms with Gasteiger partial charge >= 0.3 is 0 Å². The highest BCUT2D eigenvalue weighted by molar-refractivity contribution is 5.76. The Morgan fingerprint density at radius 1 is 1.25 bits per heavy atom. The molecule has 0 bridgehead atoms. The topological polar surface area (TPSA) is 50.4 Å². The molecule has 1 aliphatic carbocycles. The zero-order valence-electron chi connectivity index (χ0n) is 9.84. The minimum absolute atomic E-state index is 0.212. The lowest BCUT2D eigenvalue weighted by Gasteiger charge is -2.23. The Morgan fingerprint density at radius 2 is 2.12 bits per heavy atom. The zero-order chi connectivity index (χ0) is 11.2. The van der Waals surface area contributed by atoms with E-state index in [9.17, 15) is 4.79 Å². The average molecular weight is 226 g/mol. The lowest BCUT2D eigenvalue weighted by Crippen LogP contribution is -2.37. The van der Waals surface area contributed by atoms with E-state index in [1.807, 2.05) is 0 Å². The number of nitrogens with one attached hydrogen (secondary N) is 2. The molecule has 4 heteroatoms. The van der Waals surface area contributed by atoms with Crippen molar-refractivity contribution in [3.63, 3.8) is 0 Å². The number of rotatable bonds is 6. The van der Waals surface area contributed by atoms with Gasteiger partial charge in [-0.15, -0.1) is 0 Å². The fraction of sp³-hybridized carbons (Fsp3) is 0.917. The standard InChI is InChI=1S/C12H22N2O2/c15-12(14-10-5-6-10)4-1-7-13-11-3-2-8-16-9-11/h10-11,13H,1-9H2,(H,14,15). The average Bonchev–Trinajstić information content (AvgIpc) is 3.10. The number of hydrogen-bond donors (Lipinski definition) is 2. The van der Waals surface area contributed by atoms with Crippen molar-refractivity contribution in [2.45, 2.75) is 50.6 Å². The largest absolute Gasteiger partial charge is 0.380 e.